The molecule has 0 saturated carbocycles. The highest BCUT2D eigenvalue weighted by Crippen LogP contribution is 2.22. The van der Waals surface area contributed by atoms with Gasteiger partial charge < -0.3 is 15.4 Å². The van der Waals surface area contributed by atoms with E-state index in [2.05, 4.69) is 15.6 Å². The van der Waals surface area contributed by atoms with Crippen LogP contribution in [0.1, 0.15) is 37.4 Å². The van der Waals surface area contributed by atoms with Gasteiger partial charge in [0.1, 0.15) is 0 Å². The molecule has 1 heterocycles. The molecule has 0 atom stereocenters. The first-order valence-electron chi connectivity index (χ1n) is 8.03. The molecule has 25 heavy (non-hydrogen) atoms. The van der Waals surface area contributed by atoms with Gasteiger partial charge in [-0.1, -0.05) is 17.7 Å². The largest absolute Gasteiger partial charge is 0.383 e. The van der Waals surface area contributed by atoms with Crippen LogP contribution in [0.2, 0.25) is 0 Å². The molecule has 0 aliphatic heterocycles. The number of rotatable bonds is 6. The molecular formula is C19H23N3O3. The summed E-state index contributed by atoms with van der Waals surface area (Å²) in [5, 5.41) is 5.61. The van der Waals surface area contributed by atoms with Crippen LogP contribution in [0, 0.1) is 20.8 Å². The third-order valence-electron chi connectivity index (χ3n) is 3.77. The molecule has 1 aromatic heterocycles. The van der Waals surface area contributed by atoms with Gasteiger partial charge in [-0.15, -0.1) is 0 Å². The lowest BCUT2D eigenvalue weighted by Gasteiger charge is -2.13. The zero-order valence-corrected chi connectivity index (χ0v) is 15.0. The molecule has 6 nitrogen and oxygen atoms in total. The van der Waals surface area contributed by atoms with E-state index in [0.29, 0.717) is 24.3 Å². The Labute approximate surface area is 147 Å². The van der Waals surface area contributed by atoms with Crippen molar-refractivity contribution in [3.8, 4) is 0 Å². The number of carbonyl (C=O) groups excluding carboxylic acids is 2. The van der Waals surface area contributed by atoms with Crippen LogP contribution >= 0.6 is 0 Å². The van der Waals surface area contributed by atoms with Crippen molar-refractivity contribution in [3.05, 3.63) is 58.4 Å². The van der Waals surface area contributed by atoms with Gasteiger partial charge in [-0.25, -0.2) is 0 Å². The van der Waals surface area contributed by atoms with E-state index >= 15 is 0 Å². The number of pyridine rings is 1. The van der Waals surface area contributed by atoms with Crippen molar-refractivity contribution in [3.63, 3.8) is 0 Å². The molecule has 2 N–H and O–H groups in total. The molecule has 2 amide bonds. The Kier molecular flexibility index (Phi) is 6.25. The number of hydrogen-bond acceptors (Lipinski definition) is 4. The molecular weight excluding hydrogens is 318 g/mol. The lowest BCUT2D eigenvalue weighted by atomic mass is 10.0. The van der Waals surface area contributed by atoms with E-state index in [1.807, 2.05) is 32.9 Å². The molecule has 0 unspecified atom stereocenters. The number of nitrogens with zero attached hydrogens (tertiary/aromatic N) is 1. The zero-order valence-electron chi connectivity index (χ0n) is 15.0. The normalized spacial score (nSPS) is 10.4. The van der Waals surface area contributed by atoms with E-state index in [-0.39, 0.29) is 11.8 Å². The summed E-state index contributed by atoms with van der Waals surface area (Å²) in [5.74, 6) is -0.587. The molecule has 132 valence electrons. The molecule has 0 radical (unpaired) electrons. The van der Waals surface area contributed by atoms with Gasteiger partial charge in [-0.05, 0) is 38.0 Å². The van der Waals surface area contributed by atoms with E-state index in [0.717, 1.165) is 22.4 Å². The van der Waals surface area contributed by atoms with Gasteiger partial charge in [0.2, 0.25) is 0 Å². The van der Waals surface area contributed by atoms with Crippen LogP contribution in [-0.4, -0.2) is 37.1 Å². The van der Waals surface area contributed by atoms with Crippen LogP contribution in [0.4, 0.5) is 5.69 Å². The topological polar surface area (TPSA) is 80.3 Å². The second-order valence-electron chi connectivity index (χ2n) is 5.94. The van der Waals surface area contributed by atoms with Gasteiger partial charge in [0, 0.05) is 31.7 Å². The Hall–Kier alpha value is -2.73. The Bertz CT molecular complexity index is 764. The van der Waals surface area contributed by atoms with Crippen molar-refractivity contribution in [2.45, 2.75) is 20.8 Å². The summed E-state index contributed by atoms with van der Waals surface area (Å²) in [6, 6.07) is 5.56. The van der Waals surface area contributed by atoms with Crippen LogP contribution in [-0.2, 0) is 4.74 Å². The predicted octanol–water partition coefficient (Wildman–Crippen LogP) is 2.64. The maximum Gasteiger partial charge on any atom is 0.257 e. The fourth-order valence-corrected chi connectivity index (χ4v) is 2.62. The highest BCUT2D eigenvalue weighted by molar-refractivity contribution is 6.06. The Morgan fingerprint density at radius 1 is 1.00 bits per heavy atom. The first-order chi connectivity index (χ1) is 11.9. The van der Waals surface area contributed by atoms with Crippen molar-refractivity contribution in [2.24, 2.45) is 0 Å². The van der Waals surface area contributed by atoms with Crippen LogP contribution in [0.25, 0.3) is 0 Å². The van der Waals surface area contributed by atoms with Crippen LogP contribution < -0.4 is 10.6 Å². The highest BCUT2D eigenvalue weighted by Gasteiger charge is 2.13. The monoisotopic (exact) mass is 341 g/mol. The summed E-state index contributed by atoms with van der Waals surface area (Å²) in [6.45, 7) is 6.74. The summed E-state index contributed by atoms with van der Waals surface area (Å²) >= 11 is 0. The minimum Gasteiger partial charge on any atom is -0.383 e. The quantitative estimate of drug-likeness (QED) is 0.792. The number of aromatic nitrogens is 1. The SMILES string of the molecule is COCCNC(=O)c1cncc(C(=O)Nc2c(C)cc(C)cc2C)c1. The Morgan fingerprint density at radius 3 is 2.20 bits per heavy atom. The van der Waals surface area contributed by atoms with Gasteiger partial charge in [0.25, 0.3) is 11.8 Å². The third kappa shape index (κ3) is 4.87. The molecule has 0 bridgehead atoms. The van der Waals surface area contributed by atoms with Crippen LogP contribution in [0.3, 0.4) is 0 Å². The maximum atomic E-state index is 12.5. The number of amides is 2. The molecule has 0 fully saturated rings. The second-order valence-corrected chi connectivity index (χ2v) is 5.94. The molecule has 2 aromatic rings. The summed E-state index contributed by atoms with van der Waals surface area (Å²) in [4.78, 5) is 28.6. The van der Waals surface area contributed by atoms with Crippen molar-refractivity contribution in [2.75, 3.05) is 25.6 Å². The van der Waals surface area contributed by atoms with Crippen LogP contribution in [0.15, 0.2) is 30.6 Å². The van der Waals surface area contributed by atoms with Crippen LogP contribution in [0.5, 0.6) is 0 Å². The fraction of sp³-hybridized carbons (Fsp3) is 0.316. The number of benzene rings is 1. The number of ether oxygens (including phenoxy) is 1. The molecule has 0 aliphatic rings. The van der Waals surface area contributed by atoms with Gasteiger partial charge in [0.05, 0.1) is 17.7 Å². The molecule has 6 heteroatoms. The maximum absolute atomic E-state index is 12.5. The number of carbonyl (C=O) groups is 2. The zero-order chi connectivity index (χ0) is 18.4. The number of methoxy groups -OCH3 is 1. The lowest BCUT2D eigenvalue weighted by Crippen LogP contribution is -2.27. The molecule has 2 rings (SSSR count). The van der Waals surface area contributed by atoms with Crippen molar-refractivity contribution >= 4 is 17.5 Å². The summed E-state index contributed by atoms with van der Waals surface area (Å²) in [5.41, 5.74) is 4.58. The molecule has 1 aromatic carbocycles. The van der Waals surface area contributed by atoms with Crippen molar-refractivity contribution < 1.29 is 14.3 Å². The number of anilines is 1. The van der Waals surface area contributed by atoms with Crippen molar-refractivity contribution in [1.82, 2.24) is 10.3 Å². The summed E-state index contributed by atoms with van der Waals surface area (Å²) in [7, 11) is 1.56. The van der Waals surface area contributed by atoms with Gasteiger partial charge in [-0.2, -0.15) is 0 Å². The molecule has 0 aliphatic carbocycles. The van der Waals surface area contributed by atoms with E-state index < -0.39 is 0 Å². The van der Waals surface area contributed by atoms with Crippen molar-refractivity contribution in [1.29, 1.82) is 0 Å². The van der Waals surface area contributed by atoms with Gasteiger partial charge in [0.15, 0.2) is 0 Å². The predicted molar refractivity (Wildman–Crippen MR) is 97.1 cm³/mol. The van der Waals surface area contributed by atoms with E-state index in [4.69, 9.17) is 4.74 Å². The van der Waals surface area contributed by atoms with E-state index in [9.17, 15) is 9.59 Å². The Morgan fingerprint density at radius 2 is 1.60 bits per heavy atom. The fourth-order valence-electron chi connectivity index (χ4n) is 2.62. The first-order valence-corrected chi connectivity index (χ1v) is 8.03. The average molecular weight is 341 g/mol. The van der Waals surface area contributed by atoms with Gasteiger partial charge in [-0.3, -0.25) is 14.6 Å². The number of aryl methyl sites for hydroxylation is 3. The summed E-state index contributed by atoms with van der Waals surface area (Å²) in [6.07, 6.45) is 2.88. The van der Waals surface area contributed by atoms with E-state index in [1.165, 1.54) is 18.5 Å². The van der Waals surface area contributed by atoms with E-state index in [1.54, 1.807) is 7.11 Å². The molecule has 0 saturated heterocycles. The number of nitrogens with one attached hydrogen (secondary N) is 2. The minimum absolute atomic E-state index is 0.290. The standard InChI is InChI=1S/C19H23N3O3/c1-12-7-13(2)17(14(3)8-12)22-19(24)16-9-15(10-20-11-16)18(23)21-5-6-25-4/h7-11H,5-6H2,1-4H3,(H,21,23)(H,22,24). The second kappa shape index (κ2) is 8.39. The number of hydrogen-bond donors (Lipinski definition) is 2. The minimum atomic E-state index is -0.297. The van der Waals surface area contributed by atoms with Gasteiger partial charge >= 0.3 is 0 Å². The smallest absolute Gasteiger partial charge is 0.257 e. The lowest BCUT2D eigenvalue weighted by molar-refractivity contribution is 0.0936. The molecule has 0 spiro atoms. The summed E-state index contributed by atoms with van der Waals surface area (Å²) < 4.78 is 4.89. The highest BCUT2D eigenvalue weighted by atomic mass is 16.5. The third-order valence-corrected chi connectivity index (χ3v) is 3.77. The average Bonchev–Trinajstić information content (AvgIpc) is 2.58. The first kappa shape index (κ1) is 18.6. The Balaban J connectivity index is 2.15.